The van der Waals surface area contributed by atoms with Crippen LogP contribution in [0.2, 0.25) is 51.0 Å². The third kappa shape index (κ3) is 6.51. The maximum atomic E-state index is 12.5. The van der Waals surface area contributed by atoms with Crippen LogP contribution in [0.5, 0.6) is 0 Å². The molecular weight excluding hydrogens is 341 g/mol. The van der Waals surface area contributed by atoms with E-state index in [0.717, 1.165) is 11.2 Å². The molecule has 0 aliphatic rings. The van der Waals surface area contributed by atoms with Gasteiger partial charge in [-0.2, -0.15) is 0 Å². The van der Waals surface area contributed by atoms with Crippen molar-refractivity contribution in [1.82, 2.24) is 0 Å². The van der Waals surface area contributed by atoms with Crippen LogP contribution in [0.4, 0.5) is 0 Å². The van der Waals surface area contributed by atoms with Crippen molar-refractivity contribution in [3.63, 3.8) is 0 Å². The molecule has 0 amide bonds. The third-order valence-corrected chi connectivity index (χ3v) is 16.0. The van der Waals surface area contributed by atoms with Crippen molar-refractivity contribution in [2.45, 2.75) is 57.9 Å². The van der Waals surface area contributed by atoms with Gasteiger partial charge >= 0.3 is 8.56 Å². The Morgan fingerprint density at radius 3 is 1.73 bits per heavy atom. The highest BCUT2D eigenvalue weighted by atomic mass is 28.5. The standard InChI is InChI=1S/C15H30O3Si4/c1-8-19(16)14-22(17-20(2,3)4,18-21(5,6)7)15-12-10-9-11-13-15/h9-13H,8,14H2,1-7H3. The molecule has 22 heavy (non-hydrogen) atoms. The lowest BCUT2D eigenvalue weighted by Crippen LogP contribution is -2.63. The molecule has 0 radical (unpaired) electrons. The van der Waals surface area contributed by atoms with Gasteiger partial charge in [-0.3, -0.25) is 0 Å². The van der Waals surface area contributed by atoms with Gasteiger partial charge in [0.05, 0.1) is 0 Å². The van der Waals surface area contributed by atoms with Crippen LogP contribution in [0, 0.1) is 0 Å². The van der Waals surface area contributed by atoms with E-state index >= 15 is 0 Å². The predicted octanol–water partition coefficient (Wildman–Crippen LogP) is 4.02. The zero-order valence-electron chi connectivity index (χ0n) is 15.0. The molecule has 1 aromatic rings. The smallest absolute Gasteiger partial charge is 0.355 e. The second-order valence-corrected chi connectivity index (χ2v) is 23.0. The van der Waals surface area contributed by atoms with Gasteiger partial charge in [0, 0.05) is 5.67 Å². The number of rotatable bonds is 8. The van der Waals surface area contributed by atoms with Gasteiger partial charge in [0.15, 0.2) is 16.6 Å². The summed E-state index contributed by atoms with van der Waals surface area (Å²) in [5.74, 6) is 0. The van der Waals surface area contributed by atoms with Gasteiger partial charge < -0.3 is 12.7 Å². The van der Waals surface area contributed by atoms with E-state index in [9.17, 15) is 4.46 Å². The zero-order valence-corrected chi connectivity index (χ0v) is 19.0. The minimum absolute atomic E-state index is 0.604. The van der Waals surface area contributed by atoms with Crippen LogP contribution >= 0.6 is 0 Å². The van der Waals surface area contributed by atoms with Crippen LogP contribution in [0.25, 0.3) is 0 Å². The Kier molecular flexibility index (Phi) is 6.84. The summed E-state index contributed by atoms with van der Waals surface area (Å²) in [5, 5.41) is 1.13. The van der Waals surface area contributed by atoms with Gasteiger partial charge in [-0.25, -0.2) is 0 Å². The van der Waals surface area contributed by atoms with Crippen LogP contribution in [-0.4, -0.2) is 33.9 Å². The van der Waals surface area contributed by atoms with E-state index in [0.29, 0.717) is 5.67 Å². The molecule has 0 fully saturated rings. The molecule has 1 rings (SSSR count). The Morgan fingerprint density at radius 1 is 0.909 bits per heavy atom. The first kappa shape index (κ1) is 19.9. The fraction of sp³-hybridized carbons (Fsp3) is 0.600. The maximum absolute atomic E-state index is 12.5. The zero-order chi connectivity index (χ0) is 17.0. The normalized spacial score (nSPS) is 13.2. The molecule has 0 unspecified atom stereocenters. The van der Waals surface area contributed by atoms with Crippen molar-refractivity contribution < 1.29 is 12.7 Å². The summed E-state index contributed by atoms with van der Waals surface area (Å²) in [6.07, 6.45) is 0. The van der Waals surface area contributed by atoms with Crippen molar-refractivity contribution in [1.29, 1.82) is 0 Å². The van der Waals surface area contributed by atoms with Crippen molar-refractivity contribution >= 4 is 39.1 Å². The molecule has 0 heterocycles. The van der Waals surface area contributed by atoms with E-state index in [1.807, 2.05) is 25.1 Å². The van der Waals surface area contributed by atoms with Gasteiger partial charge in [-0.15, -0.1) is 0 Å². The maximum Gasteiger partial charge on any atom is 0.355 e. The third-order valence-electron chi connectivity index (χ3n) is 2.98. The van der Waals surface area contributed by atoms with Crippen LogP contribution in [-0.2, 0) is 12.7 Å². The fourth-order valence-corrected chi connectivity index (χ4v) is 18.2. The van der Waals surface area contributed by atoms with E-state index in [2.05, 4.69) is 51.4 Å². The van der Waals surface area contributed by atoms with Gasteiger partial charge in [0.1, 0.15) is 0 Å². The molecule has 0 bridgehead atoms. The fourth-order valence-electron chi connectivity index (χ4n) is 2.38. The van der Waals surface area contributed by atoms with E-state index in [-0.39, 0.29) is 0 Å². The SMILES string of the molecule is CC[Si](=O)C[Si](O[Si](C)(C)C)(O[Si](C)(C)C)c1ccccc1. The topological polar surface area (TPSA) is 35.5 Å². The van der Waals surface area contributed by atoms with Gasteiger partial charge in [-0.05, 0) is 50.5 Å². The second kappa shape index (κ2) is 7.58. The molecular formula is C15H30O3Si4. The predicted molar refractivity (Wildman–Crippen MR) is 102 cm³/mol. The van der Waals surface area contributed by atoms with Crippen molar-refractivity contribution in [3.8, 4) is 0 Å². The quantitative estimate of drug-likeness (QED) is 0.648. The van der Waals surface area contributed by atoms with E-state index in [4.69, 9.17) is 8.23 Å². The van der Waals surface area contributed by atoms with E-state index < -0.39 is 33.9 Å². The minimum atomic E-state index is -2.67. The first-order chi connectivity index (χ1) is 9.97. The van der Waals surface area contributed by atoms with Gasteiger partial charge in [0.25, 0.3) is 8.68 Å². The van der Waals surface area contributed by atoms with Crippen molar-refractivity contribution in [3.05, 3.63) is 30.3 Å². The van der Waals surface area contributed by atoms with Crippen LogP contribution in [0.3, 0.4) is 0 Å². The molecule has 0 saturated carbocycles. The molecule has 1 aromatic carbocycles. The summed E-state index contributed by atoms with van der Waals surface area (Å²) < 4.78 is 25.8. The lowest BCUT2D eigenvalue weighted by atomic mass is 10.4. The molecule has 0 aliphatic carbocycles. The summed E-state index contributed by atoms with van der Waals surface area (Å²) in [7, 11) is -7.98. The number of hydrogen-bond acceptors (Lipinski definition) is 3. The highest BCUT2D eigenvalue weighted by molar-refractivity contribution is 6.98. The van der Waals surface area contributed by atoms with E-state index in [1.54, 1.807) is 0 Å². The monoisotopic (exact) mass is 370 g/mol. The van der Waals surface area contributed by atoms with Crippen LogP contribution in [0.1, 0.15) is 6.92 Å². The molecule has 0 saturated heterocycles. The van der Waals surface area contributed by atoms with Crippen molar-refractivity contribution in [2.75, 3.05) is 0 Å². The highest BCUT2D eigenvalue weighted by Gasteiger charge is 2.47. The molecule has 0 spiro atoms. The second-order valence-electron chi connectivity index (χ2n) is 7.62. The summed E-state index contributed by atoms with van der Waals surface area (Å²) >= 11 is 0. The lowest BCUT2D eigenvalue weighted by molar-refractivity contribution is 0.399. The minimum Gasteiger partial charge on any atom is -0.433 e. The Morgan fingerprint density at radius 2 is 1.36 bits per heavy atom. The number of hydrogen-bond donors (Lipinski definition) is 0. The van der Waals surface area contributed by atoms with Crippen LogP contribution in [0.15, 0.2) is 30.3 Å². The Bertz CT molecular complexity index is 476. The number of benzene rings is 1. The summed E-state index contributed by atoms with van der Waals surface area (Å²) in [6, 6.07) is 11.0. The van der Waals surface area contributed by atoms with Crippen molar-refractivity contribution in [2.24, 2.45) is 0 Å². The molecule has 0 aliphatic heterocycles. The Hall–Kier alpha value is -0.192. The Balaban J connectivity index is 3.37. The highest BCUT2D eigenvalue weighted by Crippen LogP contribution is 2.25. The average Bonchev–Trinajstić information content (AvgIpc) is 2.35. The lowest BCUT2D eigenvalue weighted by Gasteiger charge is -2.40. The molecule has 0 aromatic heterocycles. The van der Waals surface area contributed by atoms with Gasteiger partial charge in [0.2, 0.25) is 0 Å². The molecule has 7 heteroatoms. The van der Waals surface area contributed by atoms with Gasteiger partial charge in [-0.1, -0.05) is 37.3 Å². The summed E-state index contributed by atoms with van der Waals surface area (Å²) in [5.41, 5.74) is 0.604. The summed E-state index contributed by atoms with van der Waals surface area (Å²) in [4.78, 5) is 0. The first-order valence-electron chi connectivity index (χ1n) is 7.95. The average molecular weight is 371 g/mol. The molecule has 3 nitrogen and oxygen atoms in total. The summed E-state index contributed by atoms with van der Waals surface area (Å²) in [6.45, 7) is 15.1. The molecule has 0 N–H and O–H groups in total. The molecule has 124 valence electrons. The van der Waals surface area contributed by atoms with E-state index in [1.165, 1.54) is 0 Å². The largest absolute Gasteiger partial charge is 0.433 e. The first-order valence-corrected chi connectivity index (χ1v) is 18.6. The van der Waals surface area contributed by atoms with Crippen LogP contribution < -0.4 is 5.19 Å². The Labute approximate surface area is 140 Å². The molecule has 0 atom stereocenters.